The molecule has 0 fully saturated rings. The van der Waals surface area contributed by atoms with Crippen LogP contribution in [0.2, 0.25) is 10.0 Å². The molecule has 0 saturated carbocycles. The molecule has 0 aliphatic rings. The summed E-state index contributed by atoms with van der Waals surface area (Å²) in [5, 5.41) is 2.00. The molecule has 0 unspecified atom stereocenters. The lowest BCUT2D eigenvalue weighted by atomic mass is 10.1. The van der Waals surface area contributed by atoms with Crippen molar-refractivity contribution in [2.24, 2.45) is 0 Å². The van der Waals surface area contributed by atoms with Gasteiger partial charge in [0.05, 0.1) is 20.8 Å². The molecule has 1 aromatic carbocycles. The fourth-order valence-electron chi connectivity index (χ4n) is 1.26. The SMILES string of the molecule is CSc1cc(-c2ccc(Cl)c(Cl)c2)ncn1. The summed E-state index contributed by atoms with van der Waals surface area (Å²) in [6.45, 7) is 0. The summed E-state index contributed by atoms with van der Waals surface area (Å²) in [5.74, 6) is 0. The smallest absolute Gasteiger partial charge is 0.117 e. The van der Waals surface area contributed by atoms with Crippen molar-refractivity contribution in [3.05, 3.63) is 40.6 Å². The number of nitrogens with zero attached hydrogens (tertiary/aromatic N) is 2. The minimum Gasteiger partial charge on any atom is -0.236 e. The van der Waals surface area contributed by atoms with Crippen molar-refractivity contribution in [2.45, 2.75) is 5.03 Å². The van der Waals surface area contributed by atoms with Crippen LogP contribution in [0.3, 0.4) is 0 Å². The number of rotatable bonds is 2. The molecule has 0 N–H and O–H groups in total. The maximum Gasteiger partial charge on any atom is 0.117 e. The maximum atomic E-state index is 5.96. The van der Waals surface area contributed by atoms with E-state index < -0.39 is 0 Å². The molecule has 2 rings (SSSR count). The Morgan fingerprint density at radius 1 is 1.06 bits per heavy atom. The second kappa shape index (κ2) is 5.04. The second-order valence-electron chi connectivity index (χ2n) is 3.07. The lowest BCUT2D eigenvalue weighted by Gasteiger charge is -2.03. The van der Waals surface area contributed by atoms with E-state index in [-0.39, 0.29) is 0 Å². The Kier molecular flexibility index (Phi) is 3.69. The van der Waals surface area contributed by atoms with E-state index in [0.29, 0.717) is 10.0 Å². The molecule has 0 saturated heterocycles. The van der Waals surface area contributed by atoms with E-state index in [1.165, 1.54) is 0 Å². The molecule has 1 aromatic heterocycles. The van der Waals surface area contributed by atoms with Crippen LogP contribution in [0.4, 0.5) is 0 Å². The highest BCUT2D eigenvalue weighted by Gasteiger charge is 2.04. The molecule has 0 radical (unpaired) electrons. The second-order valence-corrected chi connectivity index (χ2v) is 4.72. The topological polar surface area (TPSA) is 25.8 Å². The van der Waals surface area contributed by atoms with Crippen LogP contribution in [0.1, 0.15) is 0 Å². The van der Waals surface area contributed by atoms with Crippen molar-refractivity contribution >= 4 is 35.0 Å². The van der Waals surface area contributed by atoms with Gasteiger partial charge in [-0.2, -0.15) is 0 Å². The number of halogens is 2. The predicted octanol–water partition coefficient (Wildman–Crippen LogP) is 4.17. The molecule has 5 heteroatoms. The summed E-state index contributed by atoms with van der Waals surface area (Å²) in [5.41, 5.74) is 1.78. The van der Waals surface area contributed by atoms with E-state index in [0.717, 1.165) is 16.3 Å². The molecule has 0 amide bonds. The van der Waals surface area contributed by atoms with Crippen molar-refractivity contribution in [3.8, 4) is 11.3 Å². The summed E-state index contributed by atoms with van der Waals surface area (Å²) in [4.78, 5) is 8.32. The van der Waals surface area contributed by atoms with Crippen LogP contribution in [0.5, 0.6) is 0 Å². The fourth-order valence-corrected chi connectivity index (χ4v) is 1.94. The summed E-state index contributed by atoms with van der Waals surface area (Å²) < 4.78 is 0. The van der Waals surface area contributed by atoms with Gasteiger partial charge in [-0.25, -0.2) is 9.97 Å². The Morgan fingerprint density at radius 2 is 1.88 bits per heavy atom. The van der Waals surface area contributed by atoms with Crippen molar-refractivity contribution in [3.63, 3.8) is 0 Å². The minimum absolute atomic E-state index is 0.531. The molecule has 1 heterocycles. The molecular weight excluding hydrogens is 263 g/mol. The first kappa shape index (κ1) is 11.7. The Bertz CT molecular complexity index is 517. The predicted molar refractivity (Wildman–Crippen MR) is 69.3 cm³/mol. The zero-order valence-electron chi connectivity index (χ0n) is 8.45. The monoisotopic (exact) mass is 270 g/mol. The van der Waals surface area contributed by atoms with Gasteiger partial charge in [0.2, 0.25) is 0 Å². The molecule has 16 heavy (non-hydrogen) atoms. The van der Waals surface area contributed by atoms with Gasteiger partial charge in [0, 0.05) is 5.56 Å². The van der Waals surface area contributed by atoms with Gasteiger partial charge >= 0.3 is 0 Å². The van der Waals surface area contributed by atoms with Crippen LogP contribution in [-0.2, 0) is 0 Å². The van der Waals surface area contributed by atoms with E-state index in [4.69, 9.17) is 23.2 Å². The molecule has 0 atom stereocenters. The average Bonchev–Trinajstić information content (AvgIpc) is 2.33. The van der Waals surface area contributed by atoms with Crippen molar-refractivity contribution in [1.29, 1.82) is 0 Å². The summed E-state index contributed by atoms with van der Waals surface area (Å²) >= 11 is 13.4. The number of hydrogen-bond donors (Lipinski definition) is 0. The summed E-state index contributed by atoms with van der Waals surface area (Å²) in [7, 11) is 0. The lowest BCUT2D eigenvalue weighted by molar-refractivity contribution is 1.05. The van der Waals surface area contributed by atoms with Crippen molar-refractivity contribution in [1.82, 2.24) is 9.97 Å². The van der Waals surface area contributed by atoms with Crippen LogP contribution < -0.4 is 0 Å². The van der Waals surface area contributed by atoms with Gasteiger partial charge in [-0.15, -0.1) is 11.8 Å². The van der Waals surface area contributed by atoms with Gasteiger partial charge in [0.15, 0.2) is 0 Å². The highest BCUT2D eigenvalue weighted by molar-refractivity contribution is 7.98. The molecule has 0 spiro atoms. The van der Waals surface area contributed by atoms with Crippen molar-refractivity contribution in [2.75, 3.05) is 6.26 Å². The van der Waals surface area contributed by atoms with E-state index in [1.54, 1.807) is 30.2 Å². The van der Waals surface area contributed by atoms with Crippen molar-refractivity contribution < 1.29 is 0 Å². The Hall–Kier alpha value is -0.770. The van der Waals surface area contributed by atoms with E-state index in [9.17, 15) is 0 Å². The first-order chi connectivity index (χ1) is 7.70. The third-order valence-corrected chi connectivity index (χ3v) is 3.45. The summed E-state index contributed by atoms with van der Waals surface area (Å²) in [6.07, 6.45) is 3.52. The minimum atomic E-state index is 0.531. The van der Waals surface area contributed by atoms with Gasteiger partial charge in [0.1, 0.15) is 6.33 Å². The number of aromatic nitrogens is 2. The quantitative estimate of drug-likeness (QED) is 0.605. The van der Waals surface area contributed by atoms with Crippen LogP contribution in [0.25, 0.3) is 11.3 Å². The number of benzene rings is 1. The standard InChI is InChI=1S/C11H8Cl2N2S/c1-16-11-5-10(14-6-15-11)7-2-3-8(12)9(13)4-7/h2-6H,1H3. The molecule has 2 aromatic rings. The Morgan fingerprint density at radius 3 is 2.56 bits per heavy atom. The van der Waals surface area contributed by atoms with Crippen LogP contribution in [0, 0.1) is 0 Å². The van der Waals surface area contributed by atoms with E-state index in [2.05, 4.69) is 9.97 Å². The van der Waals surface area contributed by atoms with Gasteiger partial charge < -0.3 is 0 Å². The molecule has 0 aliphatic heterocycles. The van der Waals surface area contributed by atoms with Gasteiger partial charge in [0.25, 0.3) is 0 Å². The van der Waals surface area contributed by atoms with Crippen LogP contribution in [0.15, 0.2) is 35.6 Å². The Labute approximate surface area is 108 Å². The Balaban J connectivity index is 2.46. The third-order valence-electron chi connectivity index (χ3n) is 2.07. The van der Waals surface area contributed by atoms with Gasteiger partial charge in [-0.1, -0.05) is 29.3 Å². The average molecular weight is 271 g/mol. The molecule has 82 valence electrons. The zero-order valence-corrected chi connectivity index (χ0v) is 10.8. The fraction of sp³-hybridized carbons (Fsp3) is 0.0909. The first-order valence-electron chi connectivity index (χ1n) is 4.52. The van der Waals surface area contributed by atoms with Gasteiger partial charge in [-0.05, 0) is 24.5 Å². The van der Waals surface area contributed by atoms with E-state index >= 15 is 0 Å². The first-order valence-corrected chi connectivity index (χ1v) is 6.50. The zero-order chi connectivity index (χ0) is 11.5. The largest absolute Gasteiger partial charge is 0.236 e. The molecular formula is C11H8Cl2N2S. The van der Waals surface area contributed by atoms with Gasteiger partial charge in [-0.3, -0.25) is 0 Å². The highest BCUT2D eigenvalue weighted by atomic mass is 35.5. The highest BCUT2D eigenvalue weighted by Crippen LogP contribution is 2.28. The molecule has 2 nitrogen and oxygen atoms in total. The van der Waals surface area contributed by atoms with Crippen LogP contribution >= 0.6 is 35.0 Å². The van der Waals surface area contributed by atoms with E-state index in [1.807, 2.05) is 18.4 Å². The molecule has 0 aliphatic carbocycles. The normalized spacial score (nSPS) is 10.4. The number of thioether (sulfide) groups is 1. The van der Waals surface area contributed by atoms with Crippen LogP contribution in [-0.4, -0.2) is 16.2 Å². The number of hydrogen-bond acceptors (Lipinski definition) is 3. The summed E-state index contributed by atoms with van der Waals surface area (Å²) in [6, 6.07) is 7.38. The molecule has 0 bridgehead atoms. The third kappa shape index (κ3) is 2.48. The lowest BCUT2D eigenvalue weighted by Crippen LogP contribution is -1.87. The maximum absolute atomic E-state index is 5.96.